The number of hydrogen-bond acceptors (Lipinski definition) is 1. The van der Waals surface area contributed by atoms with Gasteiger partial charge in [0.25, 0.3) is 0 Å². The summed E-state index contributed by atoms with van der Waals surface area (Å²) in [5.74, 6) is 0.0546. The Kier molecular flexibility index (Phi) is 6.21. The molecule has 0 bridgehead atoms. The van der Waals surface area contributed by atoms with Gasteiger partial charge in [0.05, 0.1) is 0 Å². The number of halogens is 2. The molecule has 2 rings (SSSR count). The minimum absolute atomic E-state index is 0.188. The Labute approximate surface area is 131 Å². The molecule has 0 radical (unpaired) electrons. The van der Waals surface area contributed by atoms with Gasteiger partial charge >= 0.3 is 0 Å². The summed E-state index contributed by atoms with van der Waals surface area (Å²) in [4.78, 5) is 0. The molecule has 1 unspecified atom stereocenters. The highest BCUT2D eigenvalue weighted by Crippen LogP contribution is 2.27. The summed E-state index contributed by atoms with van der Waals surface area (Å²) in [6.45, 7) is 3.96. The second-order valence-electron chi connectivity index (χ2n) is 5.26. The Morgan fingerprint density at radius 2 is 1.95 bits per heavy atom. The third kappa shape index (κ3) is 4.83. The zero-order valence-corrected chi connectivity index (χ0v) is 13.0. The quantitative estimate of drug-likeness (QED) is 0.724. The van der Waals surface area contributed by atoms with Crippen molar-refractivity contribution in [3.8, 4) is 0 Å². The van der Waals surface area contributed by atoms with Gasteiger partial charge in [-0.3, -0.25) is 0 Å². The highest BCUT2D eigenvalue weighted by atomic mass is 35.5. The lowest BCUT2D eigenvalue weighted by Gasteiger charge is -2.19. The first kappa shape index (κ1) is 16.0. The van der Waals surface area contributed by atoms with Gasteiger partial charge in [-0.05, 0) is 48.7 Å². The summed E-state index contributed by atoms with van der Waals surface area (Å²) in [6.07, 6.45) is 1.87. The molecule has 2 aromatic rings. The van der Waals surface area contributed by atoms with Gasteiger partial charge in [-0.1, -0.05) is 48.9 Å². The normalized spacial score (nSPS) is 12.3. The lowest BCUT2D eigenvalue weighted by molar-refractivity contribution is 0.573. The molecule has 0 heterocycles. The summed E-state index contributed by atoms with van der Waals surface area (Å²) in [5, 5.41) is 4.22. The third-order valence-electron chi connectivity index (χ3n) is 3.53. The zero-order chi connectivity index (χ0) is 15.1. The van der Waals surface area contributed by atoms with Gasteiger partial charge in [0, 0.05) is 17.5 Å². The molecule has 2 aromatic carbocycles. The van der Waals surface area contributed by atoms with Crippen molar-refractivity contribution in [2.45, 2.75) is 25.7 Å². The van der Waals surface area contributed by atoms with E-state index in [2.05, 4.69) is 18.3 Å². The molecule has 0 aliphatic heterocycles. The Bertz CT molecular complexity index is 571. The molecule has 21 heavy (non-hydrogen) atoms. The van der Waals surface area contributed by atoms with Gasteiger partial charge in [-0.15, -0.1) is 0 Å². The van der Waals surface area contributed by atoms with Crippen LogP contribution in [0, 0.1) is 5.82 Å². The molecule has 112 valence electrons. The lowest BCUT2D eigenvalue weighted by Crippen LogP contribution is -2.24. The Balaban J connectivity index is 2.17. The number of benzene rings is 2. The van der Waals surface area contributed by atoms with E-state index in [1.807, 2.05) is 24.3 Å². The second kappa shape index (κ2) is 8.16. The smallest absolute Gasteiger partial charge is 0.123 e. The van der Waals surface area contributed by atoms with E-state index in [-0.39, 0.29) is 11.7 Å². The highest BCUT2D eigenvalue weighted by Gasteiger charge is 2.15. The maximum Gasteiger partial charge on any atom is 0.123 e. The van der Waals surface area contributed by atoms with Crippen molar-refractivity contribution in [2.75, 3.05) is 13.1 Å². The number of rotatable bonds is 7. The molecule has 0 saturated heterocycles. The summed E-state index contributed by atoms with van der Waals surface area (Å²) in [6, 6.07) is 14.7. The molecule has 0 aliphatic rings. The first-order chi connectivity index (χ1) is 10.2. The van der Waals surface area contributed by atoms with E-state index in [9.17, 15) is 4.39 Å². The highest BCUT2D eigenvalue weighted by molar-refractivity contribution is 6.31. The fourth-order valence-electron chi connectivity index (χ4n) is 2.50. The summed E-state index contributed by atoms with van der Waals surface area (Å²) in [7, 11) is 0. The molecule has 1 nitrogen and oxygen atoms in total. The SMILES string of the molecule is CCCNCC(Cc1cccc(F)c1)c1ccccc1Cl. The standard InChI is InChI=1S/C18H21ClFN/c1-2-10-21-13-15(17-8-3-4-9-18(17)19)11-14-6-5-7-16(20)12-14/h3-9,12,15,21H,2,10-11,13H2,1H3. The Hall–Kier alpha value is -1.38. The van der Waals surface area contributed by atoms with Gasteiger partial charge in [0.2, 0.25) is 0 Å². The predicted octanol–water partition coefficient (Wildman–Crippen LogP) is 4.81. The van der Waals surface area contributed by atoms with Crippen LogP contribution in [0.1, 0.15) is 30.4 Å². The maximum absolute atomic E-state index is 13.4. The van der Waals surface area contributed by atoms with Crippen molar-refractivity contribution in [3.63, 3.8) is 0 Å². The molecule has 0 aromatic heterocycles. The minimum atomic E-state index is -0.188. The summed E-state index contributed by atoms with van der Waals surface area (Å²) >= 11 is 6.33. The van der Waals surface area contributed by atoms with Crippen LogP contribution in [0.2, 0.25) is 5.02 Å². The molecule has 0 amide bonds. The van der Waals surface area contributed by atoms with E-state index in [0.29, 0.717) is 0 Å². The predicted molar refractivity (Wildman–Crippen MR) is 87.5 cm³/mol. The van der Waals surface area contributed by atoms with E-state index in [4.69, 9.17) is 11.6 Å². The van der Waals surface area contributed by atoms with Crippen LogP contribution in [0.5, 0.6) is 0 Å². The molecule has 3 heteroatoms. The molecule has 0 aliphatic carbocycles. The van der Waals surface area contributed by atoms with E-state index in [1.165, 1.54) is 6.07 Å². The van der Waals surface area contributed by atoms with Crippen LogP contribution in [-0.2, 0) is 6.42 Å². The van der Waals surface area contributed by atoms with Gasteiger partial charge in [0.1, 0.15) is 5.82 Å². The first-order valence-corrected chi connectivity index (χ1v) is 7.78. The van der Waals surface area contributed by atoms with E-state index >= 15 is 0 Å². The van der Waals surface area contributed by atoms with Gasteiger partial charge in [-0.2, -0.15) is 0 Å². The van der Waals surface area contributed by atoms with E-state index < -0.39 is 0 Å². The third-order valence-corrected chi connectivity index (χ3v) is 3.88. The lowest BCUT2D eigenvalue weighted by atomic mass is 9.91. The molecule has 0 saturated carbocycles. The van der Waals surface area contributed by atoms with Crippen molar-refractivity contribution in [1.29, 1.82) is 0 Å². The fourth-order valence-corrected chi connectivity index (χ4v) is 2.79. The van der Waals surface area contributed by atoms with E-state index in [1.54, 1.807) is 12.1 Å². The van der Waals surface area contributed by atoms with Crippen LogP contribution in [0.4, 0.5) is 4.39 Å². The van der Waals surface area contributed by atoms with Crippen molar-refractivity contribution in [3.05, 3.63) is 70.5 Å². The topological polar surface area (TPSA) is 12.0 Å². The van der Waals surface area contributed by atoms with Crippen molar-refractivity contribution >= 4 is 11.6 Å². The Morgan fingerprint density at radius 1 is 1.14 bits per heavy atom. The molecule has 1 atom stereocenters. The minimum Gasteiger partial charge on any atom is -0.316 e. The molecular weight excluding hydrogens is 285 g/mol. The van der Waals surface area contributed by atoms with Crippen molar-refractivity contribution < 1.29 is 4.39 Å². The van der Waals surface area contributed by atoms with Crippen molar-refractivity contribution in [1.82, 2.24) is 5.32 Å². The molecule has 1 N–H and O–H groups in total. The van der Waals surface area contributed by atoms with Crippen LogP contribution in [0.15, 0.2) is 48.5 Å². The van der Waals surface area contributed by atoms with Gasteiger partial charge in [-0.25, -0.2) is 4.39 Å². The molecular formula is C18H21ClFN. The second-order valence-corrected chi connectivity index (χ2v) is 5.66. The first-order valence-electron chi connectivity index (χ1n) is 7.40. The Morgan fingerprint density at radius 3 is 2.67 bits per heavy atom. The number of nitrogens with one attached hydrogen (secondary N) is 1. The number of hydrogen-bond donors (Lipinski definition) is 1. The van der Waals surface area contributed by atoms with Crippen molar-refractivity contribution in [2.24, 2.45) is 0 Å². The monoisotopic (exact) mass is 305 g/mol. The van der Waals surface area contributed by atoms with Crippen LogP contribution in [0.25, 0.3) is 0 Å². The van der Waals surface area contributed by atoms with Crippen LogP contribution < -0.4 is 5.32 Å². The maximum atomic E-state index is 13.4. The average molecular weight is 306 g/mol. The summed E-state index contributed by atoms with van der Waals surface area (Å²) in [5.41, 5.74) is 2.12. The summed E-state index contributed by atoms with van der Waals surface area (Å²) < 4.78 is 13.4. The van der Waals surface area contributed by atoms with Crippen LogP contribution in [-0.4, -0.2) is 13.1 Å². The van der Waals surface area contributed by atoms with E-state index in [0.717, 1.165) is 42.1 Å². The van der Waals surface area contributed by atoms with Crippen LogP contribution >= 0.6 is 11.6 Å². The zero-order valence-electron chi connectivity index (χ0n) is 12.3. The molecule has 0 spiro atoms. The molecule has 0 fully saturated rings. The average Bonchev–Trinajstić information content (AvgIpc) is 2.47. The van der Waals surface area contributed by atoms with Gasteiger partial charge < -0.3 is 5.32 Å². The largest absolute Gasteiger partial charge is 0.316 e. The fraction of sp³-hybridized carbons (Fsp3) is 0.333. The van der Waals surface area contributed by atoms with Crippen LogP contribution in [0.3, 0.4) is 0 Å². The van der Waals surface area contributed by atoms with Gasteiger partial charge in [0.15, 0.2) is 0 Å².